The van der Waals surface area contributed by atoms with Crippen molar-refractivity contribution in [2.24, 2.45) is 5.92 Å². The third kappa shape index (κ3) is 4.17. The number of benzene rings is 3. The standard InChI is InChI=1S/C26H22ClN3O3S/c1-2-29-21-11-10-18(14-23(21)34-22-9-4-3-8-20(22)26(29)33)28-25(32)16-12-24(31)30(15-16)19-7-5-6-17(27)13-19/h3-11,13-14,16H,2,12,15H2,1H3,(H,28,32)/t16-/m1/s1. The number of fused-ring (bicyclic) bond motifs is 2. The van der Waals surface area contributed by atoms with Crippen molar-refractivity contribution >= 4 is 58.1 Å². The summed E-state index contributed by atoms with van der Waals surface area (Å²) in [6.45, 7) is 2.78. The third-order valence-corrected chi connectivity index (χ3v) is 7.39. The SMILES string of the molecule is CCN1C(=O)c2ccccc2Sc2cc(NC(=O)[C@@H]3CC(=O)N(c4cccc(Cl)c4)C3)ccc21. The Hall–Kier alpha value is -3.29. The molecule has 1 saturated heterocycles. The number of halogens is 1. The molecule has 0 spiro atoms. The van der Waals surface area contributed by atoms with E-state index in [-0.39, 0.29) is 24.1 Å². The Kier molecular flexibility index (Phi) is 6.06. The van der Waals surface area contributed by atoms with Crippen LogP contribution in [0.2, 0.25) is 5.02 Å². The molecule has 8 heteroatoms. The zero-order valence-electron chi connectivity index (χ0n) is 18.5. The van der Waals surface area contributed by atoms with Crippen molar-refractivity contribution in [1.29, 1.82) is 0 Å². The highest BCUT2D eigenvalue weighted by atomic mass is 35.5. The third-order valence-electron chi connectivity index (χ3n) is 6.03. The molecule has 5 rings (SSSR count). The number of hydrogen-bond donors (Lipinski definition) is 1. The van der Waals surface area contributed by atoms with E-state index in [9.17, 15) is 14.4 Å². The van der Waals surface area contributed by atoms with E-state index in [2.05, 4.69) is 5.32 Å². The monoisotopic (exact) mass is 491 g/mol. The number of nitrogens with zero attached hydrogens (tertiary/aromatic N) is 2. The molecule has 3 amide bonds. The van der Waals surface area contributed by atoms with Gasteiger partial charge >= 0.3 is 0 Å². The largest absolute Gasteiger partial charge is 0.326 e. The Balaban J connectivity index is 1.36. The summed E-state index contributed by atoms with van der Waals surface area (Å²) in [6.07, 6.45) is 0.142. The lowest BCUT2D eigenvalue weighted by Gasteiger charge is -2.21. The average Bonchev–Trinajstić information content (AvgIpc) is 3.17. The molecule has 2 heterocycles. The average molecular weight is 492 g/mol. The quantitative estimate of drug-likeness (QED) is 0.526. The van der Waals surface area contributed by atoms with Crippen LogP contribution in [0.4, 0.5) is 17.1 Å². The predicted molar refractivity (Wildman–Crippen MR) is 135 cm³/mol. The van der Waals surface area contributed by atoms with Gasteiger partial charge < -0.3 is 15.1 Å². The summed E-state index contributed by atoms with van der Waals surface area (Å²) in [7, 11) is 0. The van der Waals surface area contributed by atoms with Crippen molar-refractivity contribution in [3.8, 4) is 0 Å². The van der Waals surface area contributed by atoms with Crippen molar-refractivity contribution in [2.45, 2.75) is 23.1 Å². The summed E-state index contributed by atoms with van der Waals surface area (Å²) in [4.78, 5) is 43.8. The smallest absolute Gasteiger partial charge is 0.259 e. The number of rotatable bonds is 4. The molecule has 3 aromatic carbocycles. The molecule has 0 radical (unpaired) electrons. The van der Waals surface area contributed by atoms with E-state index in [1.165, 1.54) is 11.8 Å². The molecule has 0 aliphatic carbocycles. The van der Waals surface area contributed by atoms with Crippen molar-refractivity contribution in [1.82, 2.24) is 0 Å². The van der Waals surface area contributed by atoms with Gasteiger partial charge in [-0.25, -0.2) is 0 Å². The fourth-order valence-corrected chi connectivity index (χ4v) is 5.64. The lowest BCUT2D eigenvalue weighted by Crippen LogP contribution is -2.30. The van der Waals surface area contributed by atoms with E-state index in [4.69, 9.17) is 11.6 Å². The fourth-order valence-electron chi connectivity index (χ4n) is 4.34. The normalized spacial score (nSPS) is 17.3. The van der Waals surface area contributed by atoms with Gasteiger partial charge in [0.2, 0.25) is 11.8 Å². The van der Waals surface area contributed by atoms with Gasteiger partial charge in [0.05, 0.1) is 17.2 Å². The van der Waals surface area contributed by atoms with E-state index < -0.39 is 5.92 Å². The highest BCUT2D eigenvalue weighted by Crippen LogP contribution is 2.42. The fraction of sp³-hybridized carbons (Fsp3) is 0.192. The Morgan fingerprint density at radius 2 is 1.88 bits per heavy atom. The van der Waals surface area contributed by atoms with Crippen molar-refractivity contribution in [2.75, 3.05) is 28.2 Å². The Bertz CT molecular complexity index is 1310. The first-order valence-electron chi connectivity index (χ1n) is 11.0. The maximum atomic E-state index is 13.1. The van der Waals surface area contributed by atoms with Gasteiger partial charge in [-0.3, -0.25) is 14.4 Å². The van der Waals surface area contributed by atoms with Gasteiger partial charge in [0.25, 0.3) is 5.91 Å². The van der Waals surface area contributed by atoms with Gasteiger partial charge in [-0.05, 0) is 55.5 Å². The van der Waals surface area contributed by atoms with Crippen LogP contribution in [0, 0.1) is 5.92 Å². The van der Waals surface area contributed by atoms with E-state index in [1.54, 1.807) is 34.1 Å². The highest BCUT2D eigenvalue weighted by Gasteiger charge is 2.35. The first kappa shape index (κ1) is 22.5. The van der Waals surface area contributed by atoms with Gasteiger partial charge in [0.15, 0.2) is 0 Å². The lowest BCUT2D eigenvalue weighted by molar-refractivity contribution is -0.122. The molecule has 6 nitrogen and oxygen atoms in total. The minimum atomic E-state index is -0.465. The Morgan fingerprint density at radius 3 is 2.68 bits per heavy atom. The summed E-state index contributed by atoms with van der Waals surface area (Å²) in [5.41, 5.74) is 2.81. The van der Waals surface area contributed by atoms with Gasteiger partial charge in [-0.1, -0.05) is 41.6 Å². The molecule has 1 fully saturated rings. The second-order valence-corrected chi connectivity index (χ2v) is 9.72. The van der Waals surface area contributed by atoms with Crippen LogP contribution in [-0.4, -0.2) is 30.8 Å². The highest BCUT2D eigenvalue weighted by molar-refractivity contribution is 7.99. The zero-order chi connectivity index (χ0) is 23.8. The van der Waals surface area contributed by atoms with Gasteiger partial charge in [0, 0.05) is 45.7 Å². The van der Waals surface area contributed by atoms with Crippen LogP contribution >= 0.6 is 23.4 Å². The summed E-state index contributed by atoms with van der Waals surface area (Å²) >= 11 is 7.57. The molecule has 0 aromatic heterocycles. The minimum Gasteiger partial charge on any atom is -0.326 e. The first-order chi connectivity index (χ1) is 16.4. The second-order valence-electron chi connectivity index (χ2n) is 8.20. The Morgan fingerprint density at radius 1 is 1.06 bits per heavy atom. The molecule has 0 saturated carbocycles. The molecule has 2 aliphatic rings. The van der Waals surface area contributed by atoms with Crippen molar-refractivity contribution in [3.63, 3.8) is 0 Å². The van der Waals surface area contributed by atoms with E-state index in [0.717, 1.165) is 15.5 Å². The van der Waals surface area contributed by atoms with Crippen LogP contribution in [0.3, 0.4) is 0 Å². The van der Waals surface area contributed by atoms with Crippen LogP contribution in [0.15, 0.2) is 76.5 Å². The molecule has 2 aliphatic heterocycles. The van der Waals surface area contributed by atoms with Crippen LogP contribution < -0.4 is 15.1 Å². The van der Waals surface area contributed by atoms with Crippen molar-refractivity contribution < 1.29 is 14.4 Å². The molecule has 3 aromatic rings. The van der Waals surface area contributed by atoms with Gasteiger partial charge in [0.1, 0.15) is 0 Å². The summed E-state index contributed by atoms with van der Waals surface area (Å²) in [5, 5.41) is 3.51. The summed E-state index contributed by atoms with van der Waals surface area (Å²) in [6, 6.07) is 20.2. The topological polar surface area (TPSA) is 69.7 Å². The number of carbonyl (C=O) groups excluding carboxylic acids is 3. The van der Waals surface area contributed by atoms with E-state index >= 15 is 0 Å². The van der Waals surface area contributed by atoms with Crippen LogP contribution in [0.25, 0.3) is 0 Å². The van der Waals surface area contributed by atoms with Gasteiger partial charge in [-0.15, -0.1) is 0 Å². The number of nitrogens with one attached hydrogen (secondary N) is 1. The van der Waals surface area contributed by atoms with Crippen molar-refractivity contribution in [3.05, 3.63) is 77.3 Å². The summed E-state index contributed by atoms with van der Waals surface area (Å²) in [5.74, 6) is -0.812. The van der Waals surface area contributed by atoms with Crippen LogP contribution in [0.5, 0.6) is 0 Å². The zero-order valence-corrected chi connectivity index (χ0v) is 20.0. The molecular formula is C26H22ClN3O3S. The van der Waals surface area contributed by atoms with Crippen LogP contribution in [-0.2, 0) is 9.59 Å². The van der Waals surface area contributed by atoms with E-state index in [1.807, 2.05) is 49.4 Å². The molecule has 1 N–H and O–H groups in total. The lowest BCUT2D eigenvalue weighted by atomic mass is 10.1. The van der Waals surface area contributed by atoms with E-state index in [0.29, 0.717) is 35.1 Å². The maximum absolute atomic E-state index is 13.1. The number of amides is 3. The second kappa shape index (κ2) is 9.16. The van der Waals surface area contributed by atoms with Gasteiger partial charge in [-0.2, -0.15) is 0 Å². The number of hydrogen-bond acceptors (Lipinski definition) is 4. The maximum Gasteiger partial charge on any atom is 0.259 e. The van der Waals surface area contributed by atoms with Crippen LogP contribution in [0.1, 0.15) is 23.7 Å². The summed E-state index contributed by atoms with van der Waals surface area (Å²) < 4.78 is 0. The molecule has 34 heavy (non-hydrogen) atoms. The molecular weight excluding hydrogens is 470 g/mol. The number of carbonyl (C=O) groups is 3. The molecule has 0 unspecified atom stereocenters. The Labute approximate surface area is 206 Å². The minimum absolute atomic E-state index is 0.0355. The molecule has 0 bridgehead atoms. The first-order valence-corrected chi connectivity index (χ1v) is 12.2. The molecule has 1 atom stereocenters. The number of anilines is 3. The molecule has 172 valence electrons. The predicted octanol–water partition coefficient (Wildman–Crippen LogP) is 5.46.